The minimum absolute atomic E-state index is 0.108. The van der Waals surface area contributed by atoms with Crippen LogP contribution in [-0.2, 0) is 26.5 Å². The average Bonchev–Trinajstić information content (AvgIpc) is 3.02. The van der Waals surface area contributed by atoms with Gasteiger partial charge in [0.2, 0.25) is 0 Å². The first-order valence-corrected chi connectivity index (χ1v) is 10.0. The molecule has 0 aliphatic rings. The van der Waals surface area contributed by atoms with Crippen molar-refractivity contribution in [2.75, 3.05) is 0 Å². The standard InChI is InChI=1S/C19H20NO5P/c21-19(22)18(25-26(23,24)13-14-6-2-1-3-7-14)11-10-15-12-20-17-9-5-4-8-16(15)17/h1-9,12,18,20H,10-11,13H2,(H,21,22)(H,23,24). The number of hydrogen-bond acceptors (Lipinski definition) is 3. The molecular formula is C19H20NO5P. The third kappa shape index (κ3) is 4.61. The van der Waals surface area contributed by atoms with Gasteiger partial charge in [0.05, 0.1) is 6.16 Å². The van der Waals surface area contributed by atoms with Crippen LogP contribution in [0.3, 0.4) is 0 Å². The molecule has 2 unspecified atom stereocenters. The molecule has 0 saturated carbocycles. The number of carboxylic acid groups (broad SMARTS) is 1. The third-order valence-electron chi connectivity index (χ3n) is 4.14. The minimum Gasteiger partial charge on any atom is -0.479 e. The number of aromatic amines is 1. The second kappa shape index (κ2) is 7.87. The Hall–Kier alpha value is -2.40. The topological polar surface area (TPSA) is 99.6 Å². The summed E-state index contributed by atoms with van der Waals surface area (Å²) in [4.78, 5) is 24.7. The summed E-state index contributed by atoms with van der Waals surface area (Å²) < 4.78 is 17.5. The summed E-state index contributed by atoms with van der Waals surface area (Å²) in [6.07, 6.45) is 0.794. The number of carbonyl (C=O) groups is 1. The van der Waals surface area contributed by atoms with Gasteiger partial charge in [-0.05, 0) is 30.0 Å². The fourth-order valence-corrected chi connectivity index (χ4v) is 4.24. The van der Waals surface area contributed by atoms with E-state index in [1.165, 1.54) is 0 Å². The van der Waals surface area contributed by atoms with Gasteiger partial charge in [-0.2, -0.15) is 0 Å². The smallest absolute Gasteiger partial charge is 0.333 e. The van der Waals surface area contributed by atoms with Gasteiger partial charge in [0.15, 0.2) is 6.10 Å². The van der Waals surface area contributed by atoms with E-state index in [0.717, 1.165) is 16.5 Å². The van der Waals surface area contributed by atoms with Crippen LogP contribution in [0.25, 0.3) is 10.9 Å². The van der Waals surface area contributed by atoms with Crippen molar-refractivity contribution in [2.24, 2.45) is 0 Å². The maximum absolute atomic E-state index is 12.3. The highest BCUT2D eigenvalue weighted by Crippen LogP contribution is 2.47. The normalized spacial score (nSPS) is 14.8. The van der Waals surface area contributed by atoms with Gasteiger partial charge < -0.3 is 15.0 Å². The molecule has 2 aromatic carbocycles. The molecule has 136 valence electrons. The lowest BCUT2D eigenvalue weighted by Gasteiger charge is -2.18. The first-order chi connectivity index (χ1) is 12.4. The van der Waals surface area contributed by atoms with E-state index >= 15 is 0 Å². The van der Waals surface area contributed by atoms with Gasteiger partial charge in [-0.1, -0.05) is 48.5 Å². The van der Waals surface area contributed by atoms with E-state index in [2.05, 4.69) is 4.98 Å². The number of fused-ring (bicyclic) bond motifs is 1. The lowest BCUT2D eigenvalue weighted by Crippen LogP contribution is -2.23. The van der Waals surface area contributed by atoms with E-state index in [4.69, 9.17) is 4.52 Å². The fraction of sp³-hybridized carbons (Fsp3) is 0.211. The molecule has 0 spiro atoms. The molecule has 0 amide bonds. The summed E-state index contributed by atoms with van der Waals surface area (Å²) in [6, 6.07) is 16.4. The maximum atomic E-state index is 12.3. The predicted octanol–water partition coefficient (Wildman–Crippen LogP) is 3.96. The first-order valence-electron chi connectivity index (χ1n) is 8.26. The van der Waals surface area contributed by atoms with Crippen molar-refractivity contribution >= 4 is 24.5 Å². The number of carboxylic acids is 1. The van der Waals surface area contributed by atoms with E-state index in [-0.39, 0.29) is 12.6 Å². The quantitative estimate of drug-likeness (QED) is 0.519. The Morgan fingerprint density at radius 1 is 1.12 bits per heavy atom. The second-order valence-corrected chi connectivity index (χ2v) is 7.91. The van der Waals surface area contributed by atoms with Gasteiger partial charge in [-0.3, -0.25) is 9.09 Å². The number of nitrogens with one attached hydrogen (secondary N) is 1. The maximum Gasteiger partial charge on any atom is 0.333 e. The monoisotopic (exact) mass is 373 g/mol. The largest absolute Gasteiger partial charge is 0.479 e. The average molecular weight is 373 g/mol. The number of aromatic nitrogens is 1. The summed E-state index contributed by atoms with van der Waals surface area (Å²) in [6.45, 7) is 0. The predicted molar refractivity (Wildman–Crippen MR) is 99.1 cm³/mol. The molecular weight excluding hydrogens is 353 g/mol. The molecule has 0 saturated heterocycles. The highest BCUT2D eigenvalue weighted by atomic mass is 31.2. The zero-order chi connectivity index (χ0) is 18.6. The van der Waals surface area contributed by atoms with E-state index < -0.39 is 19.7 Å². The molecule has 3 rings (SSSR count). The summed E-state index contributed by atoms with van der Waals surface area (Å²) >= 11 is 0. The van der Waals surface area contributed by atoms with Crippen molar-refractivity contribution in [1.82, 2.24) is 4.98 Å². The molecule has 0 fully saturated rings. The number of H-pyrrole nitrogens is 1. The highest BCUT2D eigenvalue weighted by molar-refractivity contribution is 7.52. The van der Waals surface area contributed by atoms with Crippen molar-refractivity contribution < 1.29 is 23.9 Å². The zero-order valence-corrected chi connectivity index (χ0v) is 14.9. The molecule has 6 nitrogen and oxygen atoms in total. The lowest BCUT2D eigenvalue weighted by molar-refractivity contribution is -0.145. The van der Waals surface area contributed by atoms with Crippen molar-refractivity contribution in [3.8, 4) is 0 Å². The van der Waals surface area contributed by atoms with Crippen LogP contribution in [0.2, 0.25) is 0 Å². The Kier molecular flexibility index (Phi) is 5.57. The van der Waals surface area contributed by atoms with E-state index in [0.29, 0.717) is 12.0 Å². The molecule has 1 aromatic heterocycles. The first kappa shape index (κ1) is 18.4. The molecule has 1 heterocycles. The highest BCUT2D eigenvalue weighted by Gasteiger charge is 2.29. The Morgan fingerprint density at radius 3 is 2.54 bits per heavy atom. The van der Waals surface area contributed by atoms with Crippen LogP contribution in [0.15, 0.2) is 60.8 Å². The Morgan fingerprint density at radius 2 is 1.81 bits per heavy atom. The van der Waals surface area contributed by atoms with Crippen LogP contribution in [-0.4, -0.2) is 27.1 Å². The van der Waals surface area contributed by atoms with Gasteiger partial charge in [0.1, 0.15) is 0 Å². The number of hydrogen-bond donors (Lipinski definition) is 3. The number of aliphatic carboxylic acids is 1. The van der Waals surface area contributed by atoms with Gasteiger partial charge in [-0.15, -0.1) is 0 Å². The van der Waals surface area contributed by atoms with Crippen LogP contribution < -0.4 is 0 Å². The van der Waals surface area contributed by atoms with Gasteiger partial charge in [-0.25, -0.2) is 4.79 Å². The number of aryl methyl sites for hydroxylation is 1. The molecule has 2 atom stereocenters. The summed E-state index contributed by atoms with van der Waals surface area (Å²) in [7, 11) is -4.07. The summed E-state index contributed by atoms with van der Waals surface area (Å²) in [5, 5.41) is 10.4. The number of benzene rings is 2. The van der Waals surface area contributed by atoms with Crippen LogP contribution in [0, 0.1) is 0 Å². The van der Waals surface area contributed by atoms with Crippen LogP contribution in [0.4, 0.5) is 0 Å². The fourth-order valence-electron chi connectivity index (χ4n) is 2.90. The lowest BCUT2D eigenvalue weighted by atomic mass is 10.1. The minimum atomic E-state index is -4.07. The van der Waals surface area contributed by atoms with Crippen LogP contribution >= 0.6 is 7.60 Å². The molecule has 3 aromatic rings. The van der Waals surface area contributed by atoms with E-state index in [9.17, 15) is 19.4 Å². The van der Waals surface area contributed by atoms with Crippen molar-refractivity contribution in [3.63, 3.8) is 0 Å². The molecule has 3 N–H and O–H groups in total. The van der Waals surface area contributed by atoms with Gasteiger partial charge in [0, 0.05) is 17.1 Å². The summed E-state index contributed by atoms with van der Waals surface area (Å²) in [5.41, 5.74) is 2.54. The zero-order valence-electron chi connectivity index (χ0n) is 14.0. The number of para-hydroxylation sites is 1. The van der Waals surface area contributed by atoms with Crippen LogP contribution in [0.5, 0.6) is 0 Å². The number of rotatable bonds is 8. The Bertz CT molecular complexity index is 937. The van der Waals surface area contributed by atoms with Gasteiger partial charge in [0.25, 0.3) is 0 Å². The van der Waals surface area contributed by atoms with Gasteiger partial charge >= 0.3 is 13.6 Å². The molecule has 0 aliphatic heterocycles. The molecule has 0 radical (unpaired) electrons. The second-order valence-electron chi connectivity index (χ2n) is 6.11. The summed E-state index contributed by atoms with van der Waals surface area (Å²) in [5.74, 6) is -1.24. The van der Waals surface area contributed by atoms with E-state index in [1.54, 1.807) is 30.3 Å². The van der Waals surface area contributed by atoms with E-state index in [1.807, 2.05) is 30.5 Å². The van der Waals surface area contributed by atoms with Crippen molar-refractivity contribution in [2.45, 2.75) is 25.1 Å². The SMILES string of the molecule is O=C(O)C(CCc1c[nH]c2ccccc12)OP(=O)(O)Cc1ccccc1. The Balaban J connectivity index is 1.67. The molecule has 7 heteroatoms. The Labute approximate surface area is 151 Å². The van der Waals surface area contributed by atoms with Crippen LogP contribution in [0.1, 0.15) is 17.5 Å². The third-order valence-corrected chi connectivity index (χ3v) is 5.49. The van der Waals surface area contributed by atoms with Crippen molar-refractivity contribution in [1.29, 1.82) is 0 Å². The molecule has 26 heavy (non-hydrogen) atoms. The molecule has 0 aliphatic carbocycles. The van der Waals surface area contributed by atoms with Crippen molar-refractivity contribution in [3.05, 3.63) is 71.9 Å². The molecule has 0 bridgehead atoms.